The SMILES string of the molecule is COC(=O)C1=Cc2ccccc2Oc2cc(CBr)ccc21. The molecule has 0 spiro atoms. The lowest BCUT2D eigenvalue weighted by molar-refractivity contribution is -0.133. The molecule has 0 atom stereocenters. The van der Waals surface area contributed by atoms with E-state index in [1.54, 1.807) is 6.08 Å². The fraction of sp³-hybridized carbons (Fsp3) is 0.118. The summed E-state index contributed by atoms with van der Waals surface area (Å²) in [5.74, 6) is 1.01. The molecule has 1 aliphatic heterocycles. The van der Waals surface area contributed by atoms with E-state index in [9.17, 15) is 4.79 Å². The smallest absolute Gasteiger partial charge is 0.338 e. The van der Waals surface area contributed by atoms with Crippen LogP contribution in [0.4, 0.5) is 0 Å². The number of carbonyl (C=O) groups excluding carboxylic acids is 1. The number of halogens is 1. The second-order valence-corrected chi connectivity index (χ2v) is 5.21. The number of ether oxygens (including phenoxy) is 2. The van der Waals surface area contributed by atoms with Crippen LogP contribution in [0, 0.1) is 0 Å². The van der Waals surface area contributed by atoms with Crippen molar-refractivity contribution in [2.24, 2.45) is 0 Å². The van der Waals surface area contributed by atoms with Crippen LogP contribution in [0.2, 0.25) is 0 Å². The second kappa shape index (κ2) is 5.74. The molecule has 0 aliphatic carbocycles. The Bertz CT molecular complexity index is 735. The first-order valence-corrected chi connectivity index (χ1v) is 7.61. The van der Waals surface area contributed by atoms with Crippen LogP contribution in [0.5, 0.6) is 11.5 Å². The second-order valence-electron chi connectivity index (χ2n) is 4.65. The zero-order chi connectivity index (χ0) is 14.8. The van der Waals surface area contributed by atoms with Gasteiger partial charge in [-0.1, -0.05) is 46.3 Å². The summed E-state index contributed by atoms with van der Waals surface area (Å²) in [6, 6.07) is 13.4. The molecule has 0 unspecified atom stereocenters. The van der Waals surface area contributed by atoms with Crippen molar-refractivity contribution >= 4 is 33.5 Å². The van der Waals surface area contributed by atoms with Crippen molar-refractivity contribution in [1.29, 1.82) is 0 Å². The zero-order valence-electron chi connectivity index (χ0n) is 11.4. The van der Waals surface area contributed by atoms with E-state index in [0.717, 1.165) is 27.8 Å². The Balaban J connectivity index is 2.23. The number of fused-ring (bicyclic) bond motifs is 2. The van der Waals surface area contributed by atoms with Crippen molar-refractivity contribution < 1.29 is 14.3 Å². The van der Waals surface area contributed by atoms with Crippen LogP contribution in [-0.4, -0.2) is 13.1 Å². The predicted octanol–water partition coefficient (Wildman–Crippen LogP) is 4.40. The van der Waals surface area contributed by atoms with Crippen LogP contribution in [-0.2, 0) is 14.9 Å². The van der Waals surface area contributed by atoms with Gasteiger partial charge in [0.2, 0.25) is 0 Å². The van der Waals surface area contributed by atoms with Crippen molar-refractivity contribution in [2.45, 2.75) is 5.33 Å². The van der Waals surface area contributed by atoms with Crippen molar-refractivity contribution in [1.82, 2.24) is 0 Å². The summed E-state index contributed by atoms with van der Waals surface area (Å²) in [5, 5.41) is 0.725. The van der Waals surface area contributed by atoms with Gasteiger partial charge in [-0.05, 0) is 23.8 Å². The highest BCUT2D eigenvalue weighted by atomic mass is 79.9. The van der Waals surface area contributed by atoms with E-state index < -0.39 is 0 Å². The summed E-state index contributed by atoms with van der Waals surface area (Å²) in [6.45, 7) is 0. The summed E-state index contributed by atoms with van der Waals surface area (Å²) in [6.07, 6.45) is 1.81. The van der Waals surface area contributed by atoms with Crippen LogP contribution in [0.3, 0.4) is 0 Å². The molecule has 2 aromatic carbocycles. The molecular formula is C17H13BrO3. The van der Waals surface area contributed by atoms with Gasteiger partial charge in [-0.25, -0.2) is 4.79 Å². The maximum atomic E-state index is 12.1. The zero-order valence-corrected chi connectivity index (χ0v) is 13.0. The van der Waals surface area contributed by atoms with E-state index in [4.69, 9.17) is 9.47 Å². The molecule has 0 aromatic heterocycles. The highest BCUT2D eigenvalue weighted by Gasteiger charge is 2.22. The number of alkyl halides is 1. The minimum atomic E-state index is -0.372. The molecule has 0 saturated carbocycles. The average molecular weight is 345 g/mol. The number of methoxy groups -OCH3 is 1. The van der Waals surface area contributed by atoms with Crippen LogP contribution >= 0.6 is 15.9 Å². The molecule has 0 radical (unpaired) electrons. The maximum Gasteiger partial charge on any atom is 0.338 e. The molecule has 1 heterocycles. The molecule has 4 heteroatoms. The molecule has 21 heavy (non-hydrogen) atoms. The molecule has 3 rings (SSSR count). The number of hydrogen-bond acceptors (Lipinski definition) is 3. The highest BCUT2D eigenvalue weighted by molar-refractivity contribution is 9.08. The van der Waals surface area contributed by atoms with Crippen LogP contribution in [0.15, 0.2) is 42.5 Å². The molecule has 106 valence electrons. The van der Waals surface area contributed by atoms with Gasteiger partial charge in [0.1, 0.15) is 11.5 Å². The molecule has 3 nitrogen and oxygen atoms in total. The predicted molar refractivity (Wildman–Crippen MR) is 85.5 cm³/mol. The summed E-state index contributed by atoms with van der Waals surface area (Å²) < 4.78 is 10.9. The Hall–Kier alpha value is -2.07. The van der Waals surface area contributed by atoms with Gasteiger partial charge in [0.15, 0.2) is 0 Å². The molecule has 0 N–H and O–H groups in total. The Kier molecular flexibility index (Phi) is 3.80. The molecule has 1 aliphatic rings. The van der Waals surface area contributed by atoms with Gasteiger partial charge in [-0.2, -0.15) is 0 Å². The Morgan fingerprint density at radius 3 is 2.76 bits per heavy atom. The summed E-state index contributed by atoms with van der Waals surface area (Å²) in [5.41, 5.74) is 3.17. The van der Waals surface area contributed by atoms with E-state index in [1.165, 1.54) is 7.11 Å². The lowest BCUT2D eigenvalue weighted by Gasteiger charge is -2.11. The van der Waals surface area contributed by atoms with Crippen molar-refractivity contribution in [3.63, 3.8) is 0 Å². The minimum Gasteiger partial charge on any atom is -0.465 e. The third-order valence-electron chi connectivity index (χ3n) is 3.33. The maximum absolute atomic E-state index is 12.1. The quantitative estimate of drug-likeness (QED) is 0.598. The van der Waals surface area contributed by atoms with Gasteiger partial charge in [0, 0.05) is 16.5 Å². The van der Waals surface area contributed by atoms with Gasteiger partial charge < -0.3 is 9.47 Å². The first-order chi connectivity index (χ1) is 10.2. The van der Waals surface area contributed by atoms with Crippen molar-refractivity contribution in [2.75, 3.05) is 7.11 Å². The number of hydrogen-bond donors (Lipinski definition) is 0. The largest absolute Gasteiger partial charge is 0.465 e. The van der Waals surface area contributed by atoms with Gasteiger partial charge in [0.05, 0.1) is 12.7 Å². The lowest BCUT2D eigenvalue weighted by atomic mass is 10.0. The lowest BCUT2D eigenvalue weighted by Crippen LogP contribution is -2.04. The van der Waals surface area contributed by atoms with Crippen molar-refractivity contribution in [3.05, 3.63) is 59.2 Å². The number of carbonyl (C=O) groups is 1. The standard InChI is InChI=1S/C17H13BrO3/c1-20-17(19)14-9-12-4-2-3-5-15(12)21-16-8-11(10-18)6-7-13(14)16/h2-9H,10H2,1H3. The average Bonchev–Trinajstić information content (AvgIpc) is 2.69. The number of esters is 1. The van der Waals surface area contributed by atoms with Crippen molar-refractivity contribution in [3.8, 4) is 11.5 Å². The Morgan fingerprint density at radius 1 is 1.19 bits per heavy atom. The van der Waals surface area contributed by atoms with Crippen LogP contribution < -0.4 is 4.74 Å². The van der Waals surface area contributed by atoms with Gasteiger partial charge in [-0.15, -0.1) is 0 Å². The molecule has 0 amide bonds. The van der Waals surface area contributed by atoms with Crippen LogP contribution in [0.1, 0.15) is 16.7 Å². The topological polar surface area (TPSA) is 35.5 Å². The fourth-order valence-corrected chi connectivity index (χ4v) is 2.63. The fourth-order valence-electron chi connectivity index (χ4n) is 2.28. The molecule has 2 aromatic rings. The number of para-hydroxylation sites is 1. The first-order valence-electron chi connectivity index (χ1n) is 6.49. The normalized spacial score (nSPS) is 12.4. The van der Waals surface area contributed by atoms with E-state index >= 15 is 0 Å². The van der Waals surface area contributed by atoms with E-state index in [-0.39, 0.29) is 5.97 Å². The number of benzene rings is 2. The van der Waals surface area contributed by atoms with Crippen LogP contribution in [0.25, 0.3) is 11.6 Å². The summed E-state index contributed by atoms with van der Waals surface area (Å²) in [7, 11) is 1.38. The highest BCUT2D eigenvalue weighted by Crippen LogP contribution is 2.39. The van der Waals surface area contributed by atoms with E-state index in [1.807, 2.05) is 42.5 Å². The molecule has 0 saturated heterocycles. The molecule has 0 fully saturated rings. The third kappa shape index (κ3) is 2.59. The van der Waals surface area contributed by atoms with Gasteiger partial charge >= 0.3 is 5.97 Å². The third-order valence-corrected chi connectivity index (χ3v) is 3.98. The van der Waals surface area contributed by atoms with E-state index in [2.05, 4.69) is 15.9 Å². The molecular weight excluding hydrogens is 332 g/mol. The Morgan fingerprint density at radius 2 is 2.00 bits per heavy atom. The van der Waals surface area contributed by atoms with Gasteiger partial charge in [0.25, 0.3) is 0 Å². The Labute approximate surface area is 131 Å². The van der Waals surface area contributed by atoms with Gasteiger partial charge in [-0.3, -0.25) is 0 Å². The molecule has 0 bridgehead atoms. The monoisotopic (exact) mass is 344 g/mol. The summed E-state index contributed by atoms with van der Waals surface area (Å²) in [4.78, 5) is 12.1. The van der Waals surface area contributed by atoms with E-state index in [0.29, 0.717) is 11.3 Å². The summed E-state index contributed by atoms with van der Waals surface area (Å²) >= 11 is 3.43. The first kappa shape index (κ1) is 13.9. The number of rotatable bonds is 2. The minimum absolute atomic E-state index is 0.372.